The summed E-state index contributed by atoms with van der Waals surface area (Å²) in [5, 5.41) is 0. The fraction of sp³-hybridized carbons (Fsp3) is 0.533. The van der Waals surface area contributed by atoms with Crippen LogP contribution < -0.4 is 10.5 Å². The maximum atomic E-state index is 6.12. The highest BCUT2D eigenvalue weighted by atomic mass is 16.5. The Labute approximate surface area is 119 Å². The first-order valence-corrected chi connectivity index (χ1v) is 7.28. The summed E-state index contributed by atoms with van der Waals surface area (Å²) >= 11 is 0. The summed E-state index contributed by atoms with van der Waals surface area (Å²) in [7, 11) is 2.18. The lowest BCUT2D eigenvalue weighted by molar-refractivity contribution is 0.285. The molecule has 2 N–H and O–H groups in total. The number of aromatic nitrogens is 2. The van der Waals surface area contributed by atoms with Gasteiger partial charge in [-0.15, -0.1) is 0 Å². The number of nitrogens with two attached hydrogens (primary N) is 1. The van der Waals surface area contributed by atoms with Crippen molar-refractivity contribution >= 4 is 17.0 Å². The Morgan fingerprint density at radius 1 is 1.45 bits per heavy atom. The summed E-state index contributed by atoms with van der Waals surface area (Å²) in [6.45, 7) is 4.68. The zero-order valence-corrected chi connectivity index (χ0v) is 12.2. The number of nitrogens with zero attached hydrogens (tertiary/aromatic N) is 3. The number of hydrogen-bond donors (Lipinski definition) is 1. The molecule has 1 fully saturated rings. The van der Waals surface area contributed by atoms with Crippen LogP contribution in [0.15, 0.2) is 18.2 Å². The van der Waals surface area contributed by atoms with Crippen molar-refractivity contribution in [1.82, 2.24) is 14.5 Å². The molecule has 1 unspecified atom stereocenters. The minimum absolute atomic E-state index is 0.547. The molecule has 2 aromatic rings. The molecule has 1 aliphatic rings. The van der Waals surface area contributed by atoms with Gasteiger partial charge in [0, 0.05) is 12.6 Å². The van der Waals surface area contributed by atoms with E-state index in [0.717, 1.165) is 23.3 Å². The van der Waals surface area contributed by atoms with E-state index in [1.807, 2.05) is 19.1 Å². The Morgan fingerprint density at radius 3 is 3.00 bits per heavy atom. The van der Waals surface area contributed by atoms with Gasteiger partial charge in [0.2, 0.25) is 5.95 Å². The van der Waals surface area contributed by atoms with Crippen LogP contribution in [0.25, 0.3) is 11.0 Å². The maximum absolute atomic E-state index is 6.12. The first-order chi connectivity index (χ1) is 9.70. The molecule has 1 aromatic carbocycles. The highest BCUT2D eigenvalue weighted by Crippen LogP contribution is 2.28. The lowest BCUT2D eigenvalue weighted by Gasteiger charge is -2.20. The number of likely N-dealkylation sites (tertiary alicyclic amines) is 1. The first-order valence-electron chi connectivity index (χ1n) is 7.28. The zero-order chi connectivity index (χ0) is 14.1. The molecule has 0 spiro atoms. The van der Waals surface area contributed by atoms with Crippen molar-refractivity contribution in [2.45, 2.75) is 32.4 Å². The number of likely N-dealkylation sites (N-methyl/N-ethyl adjacent to an activating group) is 1. The van der Waals surface area contributed by atoms with E-state index in [1.54, 1.807) is 0 Å². The molecule has 1 saturated heterocycles. The minimum atomic E-state index is 0.547. The number of para-hydroxylation sites is 1. The van der Waals surface area contributed by atoms with Crippen LogP contribution in [-0.2, 0) is 6.54 Å². The van der Waals surface area contributed by atoms with Gasteiger partial charge < -0.3 is 19.9 Å². The fourth-order valence-electron chi connectivity index (χ4n) is 3.02. The second-order valence-electron chi connectivity index (χ2n) is 5.41. The minimum Gasteiger partial charge on any atom is -0.492 e. The molecule has 1 atom stereocenters. The Bertz CT molecular complexity index is 607. The van der Waals surface area contributed by atoms with Crippen molar-refractivity contribution in [1.29, 1.82) is 0 Å². The molecule has 0 aliphatic carbocycles. The second kappa shape index (κ2) is 5.32. The van der Waals surface area contributed by atoms with E-state index in [1.165, 1.54) is 19.4 Å². The van der Waals surface area contributed by atoms with Crippen LogP contribution >= 0.6 is 0 Å². The number of imidazole rings is 1. The molecule has 1 aromatic heterocycles. The molecule has 108 valence electrons. The third-order valence-electron chi connectivity index (χ3n) is 4.14. The van der Waals surface area contributed by atoms with Gasteiger partial charge in [-0.05, 0) is 45.5 Å². The number of hydrogen-bond acceptors (Lipinski definition) is 4. The average Bonchev–Trinajstić information content (AvgIpc) is 2.97. The van der Waals surface area contributed by atoms with Crippen LogP contribution in [0.4, 0.5) is 5.95 Å². The fourth-order valence-corrected chi connectivity index (χ4v) is 3.02. The van der Waals surface area contributed by atoms with Crippen LogP contribution in [0, 0.1) is 0 Å². The van der Waals surface area contributed by atoms with Crippen LogP contribution in [0.5, 0.6) is 5.75 Å². The van der Waals surface area contributed by atoms with Gasteiger partial charge in [-0.1, -0.05) is 6.07 Å². The van der Waals surface area contributed by atoms with E-state index in [-0.39, 0.29) is 0 Å². The normalized spacial score (nSPS) is 19.8. The quantitative estimate of drug-likeness (QED) is 0.927. The van der Waals surface area contributed by atoms with Crippen LogP contribution in [0.2, 0.25) is 0 Å². The second-order valence-corrected chi connectivity index (χ2v) is 5.41. The summed E-state index contributed by atoms with van der Waals surface area (Å²) in [5.74, 6) is 1.39. The summed E-state index contributed by atoms with van der Waals surface area (Å²) in [6, 6.07) is 6.56. The van der Waals surface area contributed by atoms with Gasteiger partial charge in [0.15, 0.2) is 0 Å². The molecule has 5 heteroatoms. The van der Waals surface area contributed by atoms with Crippen molar-refractivity contribution < 1.29 is 4.74 Å². The molecule has 5 nitrogen and oxygen atoms in total. The van der Waals surface area contributed by atoms with Crippen LogP contribution in [0.1, 0.15) is 19.8 Å². The van der Waals surface area contributed by atoms with Crippen molar-refractivity contribution in [2.75, 3.05) is 25.9 Å². The van der Waals surface area contributed by atoms with E-state index < -0.39 is 0 Å². The number of fused-ring (bicyclic) bond motifs is 1. The maximum Gasteiger partial charge on any atom is 0.201 e. The molecule has 3 rings (SSSR count). The van der Waals surface area contributed by atoms with Crippen molar-refractivity contribution in [3.8, 4) is 5.75 Å². The predicted octanol–water partition coefficient (Wildman–Crippen LogP) is 2.11. The molecule has 0 amide bonds. The summed E-state index contributed by atoms with van der Waals surface area (Å²) in [5.41, 5.74) is 8.05. The number of nitrogen functional groups attached to an aromatic ring is 1. The zero-order valence-electron chi connectivity index (χ0n) is 12.2. The molecule has 0 saturated carbocycles. The Kier molecular flexibility index (Phi) is 3.53. The highest BCUT2D eigenvalue weighted by molar-refractivity contribution is 5.84. The Morgan fingerprint density at radius 2 is 2.30 bits per heavy atom. The van der Waals surface area contributed by atoms with Gasteiger partial charge in [-0.2, -0.15) is 0 Å². The Balaban J connectivity index is 1.98. The van der Waals surface area contributed by atoms with E-state index in [2.05, 4.69) is 27.6 Å². The molecule has 1 aliphatic heterocycles. The molecular weight excluding hydrogens is 252 g/mol. The lowest BCUT2D eigenvalue weighted by Crippen LogP contribution is -2.29. The SMILES string of the molecule is CCOc1cccc2c1nc(N)n2CC1CCCN1C. The van der Waals surface area contributed by atoms with Crippen LogP contribution in [-0.4, -0.2) is 40.7 Å². The van der Waals surface area contributed by atoms with Gasteiger partial charge in [0.1, 0.15) is 11.3 Å². The van der Waals surface area contributed by atoms with Gasteiger partial charge in [0.25, 0.3) is 0 Å². The van der Waals surface area contributed by atoms with E-state index in [4.69, 9.17) is 10.5 Å². The summed E-state index contributed by atoms with van der Waals surface area (Å²) in [4.78, 5) is 6.90. The molecule has 0 bridgehead atoms. The third kappa shape index (κ3) is 2.22. The van der Waals surface area contributed by atoms with Gasteiger partial charge >= 0.3 is 0 Å². The van der Waals surface area contributed by atoms with Crippen molar-refractivity contribution in [3.05, 3.63) is 18.2 Å². The van der Waals surface area contributed by atoms with Crippen molar-refractivity contribution in [2.24, 2.45) is 0 Å². The largest absolute Gasteiger partial charge is 0.492 e. The first kappa shape index (κ1) is 13.2. The van der Waals surface area contributed by atoms with E-state index in [9.17, 15) is 0 Å². The number of benzene rings is 1. The van der Waals surface area contributed by atoms with Gasteiger partial charge in [0.05, 0.1) is 12.1 Å². The van der Waals surface area contributed by atoms with Crippen LogP contribution in [0.3, 0.4) is 0 Å². The van der Waals surface area contributed by atoms with Crippen molar-refractivity contribution in [3.63, 3.8) is 0 Å². The average molecular weight is 274 g/mol. The summed E-state index contributed by atoms with van der Waals surface area (Å²) < 4.78 is 7.75. The van der Waals surface area contributed by atoms with E-state index in [0.29, 0.717) is 18.6 Å². The molecule has 0 radical (unpaired) electrons. The lowest BCUT2D eigenvalue weighted by atomic mass is 10.2. The molecule has 20 heavy (non-hydrogen) atoms. The standard InChI is InChI=1S/C15H22N4O/c1-3-20-13-8-4-7-12-14(13)17-15(16)19(12)10-11-6-5-9-18(11)2/h4,7-8,11H,3,5-6,9-10H2,1-2H3,(H2,16,17). The topological polar surface area (TPSA) is 56.3 Å². The van der Waals surface area contributed by atoms with E-state index >= 15 is 0 Å². The number of ether oxygens (including phenoxy) is 1. The van der Waals surface area contributed by atoms with Gasteiger partial charge in [-0.3, -0.25) is 0 Å². The number of rotatable bonds is 4. The smallest absolute Gasteiger partial charge is 0.201 e. The highest BCUT2D eigenvalue weighted by Gasteiger charge is 2.23. The van der Waals surface area contributed by atoms with Gasteiger partial charge in [-0.25, -0.2) is 4.98 Å². The molecular formula is C15H22N4O. The third-order valence-corrected chi connectivity index (χ3v) is 4.14. The molecule has 2 heterocycles. The number of anilines is 1. The summed E-state index contributed by atoms with van der Waals surface area (Å²) in [6.07, 6.45) is 2.48. The Hall–Kier alpha value is -1.75. The predicted molar refractivity (Wildman–Crippen MR) is 81.0 cm³/mol. The monoisotopic (exact) mass is 274 g/mol.